The maximum atomic E-state index is 12.2. The molecule has 3 rings (SSSR count). The average Bonchev–Trinajstić information content (AvgIpc) is 2.65. The number of amides is 1. The number of ether oxygens (including phenoxy) is 1. The zero-order chi connectivity index (χ0) is 18.5. The molecule has 3 N–H and O–H groups in total. The van der Waals surface area contributed by atoms with E-state index in [-0.39, 0.29) is 17.5 Å². The third kappa shape index (κ3) is 4.37. The monoisotopic (exact) mass is 356 g/mol. The Hall–Kier alpha value is -2.93. The summed E-state index contributed by atoms with van der Waals surface area (Å²) in [7, 11) is 0. The molecule has 1 amide bonds. The van der Waals surface area contributed by atoms with Gasteiger partial charge in [0.15, 0.2) is 0 Å². The molecule has 2 unspecified atom stereocenters. The number of anilines is 1. The van der Waals surface area contributed by atoms with Gasteiger partial charge in [-0.1, -0.05) is 12.5 Å². The number of pyridine rings is 1. The number of aliphatic hydroxyl groups excluding tert-OH is 1. The third-order valence-electron chi connectivity index (χ3n) is 4.27. The van der Waals surface area contributed by atoms with E-state index >= 15 is 0 Å². The summed E-state index contributed by atoms with van der Waals surface area (Å²) in [5.41, 5.74) is 0.372. The summed E-state index contributed by atoms with van der Waals surface area (Å²) in [5, 5.41) is 21.6. The van der Waals surface area contributed by atoms with Crippen LogP contribution in [0.4, 0.5) is 5.69 Å². The molecular weight excluding hydrogens is 336 g/mol. The molecule has 7 nitrogen and oxygen atoms in total. The van der Waals surface area contributed by atoms with Crippen LogP contribution in [-0.4, -0.2) is 39.3 Å². The first-order valence-corrected chi connectivity index (χ1v) is 8.49. The quantitative estimate of drug-likeness (QED) is 0.760. The normalized spacial score (nSPS) is 19.6. The molecule has 0 aliphatic heterocycles. The Morgan fingerprint density at radius 1 is 1.04 bits per heavy atom. The highest BCUT2D eigenvalue weighted by Crippen LogP contribution is 2.25. The zero-order valence-electron chi connectivity index (χ0n) is 14.1. The van der Waals surface area contributed by atoms with E-state index in [1.54, 1.807) is 24.3 Å². The van der Waals surface area contributed by atoms with Crippen LogP contribution in [0.1, 0.15) is 46.7 Å². The molecule has 136 valence electrons. The van der Waals surface area contributed by atoms with Crippen LogP contribution in [0.25, 0.3) is 0 Å². The van der Waals surface area contributed by atoms with Crippen LogP contribution in [0.2, 0.25) is 0 Å². The Balaban J connectivity index is 1.62. The largest absolute Gasteiger partial charge is 0.488 e. The van der Waals surface area contributed by atoms with Gasteiger partial charge in [-0.25, -0.2) is 9.78 Å². The molecule has 2 aromatic rings. The first-order chi connectivity index (χ1) is 12.5. The topological polar surface area (TPSA) is 109 Å². The van der Waals surface area contributed by atoms with Gasteiger partial charge in [0, 0.05) is 5.69 Å². The molecule has 0 saturated heterocycles. The maximum Gasteiger partial charge on any atom is 0.354 e. The number of benzene rings is 1. The fourth-order valence-electron chi connectivity index (χ4n) is 2.88. The van der Waals surface area contributed by atoms with Gasteiger partial charge in [-0.2, -0.15) is 0 Å². The summed E-state index contributed by atoms with van der Waals surface area (Å²) in [6.45, 7) is 0. The van der Waals surface area contributed by atoms with E-state index in [0.29, 0.717) is 11.4 Å². The SMILES string of the molecule is O=C(O)c1cccc(C(=O)Nc2ccc(OC3CCCCC3O)cc2)n1. The van der Waals surface area contributed by atoms with Gasteiger partial charge in [0.1, 0.15) is 23.2 Å². The van der Waals surface area contributed by atoms with Crippen molar-refractivity contribution >= 4 is 17.6 Å². The number of aromatic nitrogens is 1. The molecule has 1 aliphatic rings. The Bertz CT molecular complexity index is 791. The maximum absolute atomic E-state index is 12.2. The van der Waals surface area contributed by atoms with Crippen LogP contribution in [0.5, 0.6) is 5.75 Å². The predicted molar refractivity (Wildman–Crippen MR) is 94.5 cm³/mol. The minimum absolute atomic E-state index is 0.0237. The Morgan fingerprint density at radius 3 is 2.42 bits per heavy atom. The highest BCUT2D eigenvalue weighted by atomic mass is 16.5. The van der Waals surface area contributed by atoms with Gasteiger partial charge in [0.25, 0.3) is 5.91 Å². The van der Waals surface area contributed by atoms with Crippen LogP contribution >= 0.6 is 0 Å². The molecule has 0 bridgehead atoms. The van der Waals surface area contributed by atoms with E-state index in [0.717, 1.165) is 25.7 Å². The summed E-state index contributed by atoms with van der Waals surface area (Å²) < 4.78 is 5.81. The van der Waals surface area contributed by atoms with Crippen LogP contribution in [0.15, 0.2) is 42.5 Å². The van der Waals surface area contributed by atoms with Crippen molar-refractivity contribution in [1.82, 2.24) is 4.98 Å². The lowest BCUT2D eigenvalue weighted by Crippen LogP contribution is -2.34. The number of rotatable bonds is 5. The van der Waals surface area contributed by atoms with E-state index in [9.17, 15) is 14.7 Å². The van der Waals surface area contributed by atoms with Crippen molar-refractivity contribution in [1.29, 1.82) is 0 Å². The van der Waals surface area contributed by atoms with Crippen LogP contribution in [0, 0.1) is 0 Å². The molecule has 7 heteroatoms. The van der Waals surface area contributed by atoms with Crippen molar-refractivity contribution in [2.75, 3.05) is 5.32 Å². The van der Waals surface area contributed by atoms with Crippen LogP contribution in [0.3, 0.4) is 0 Å². The number of carbonyl (C=O) groups excluding carboxylic acids is 1. The lowest BCUT2D eigenvalue weighted by molar-refractivity contribution is 0.00688. The van der Waals surface area contributed by atoms with Gasteiger partial charge in [-0.15, -0.1) is 0 Å². The van der Waals surface area contributed by atoms with E-state index < -0.39 is 18.0 Å². The first kappa shape index (κ1) is 17.9. The molecule has 1 heterocycles. The van der Waals surface area contributed by atoms with E-state index in [1.807, 2.05) is 0 Å². The van der Waals surface area contributed by atoms with Gasteiger partial charge < -0.3 is 20.3 Å². The van der Waals surface area contributed by atoms with Crippen molar-refractivity contribution < 1.29 is 24.5 Å². The molecule has 1 aromatic carbocycles. The highest BCUT2D eigenvalue weighted by Gasteiger charge is 2.24. The van der Waals surface area contributed by atoms with Crippen LogP contribution < -0.4 is 10.1 Å². The molecular formula is C19H20N2O5. The van der Waals surface area contributed by atoms with Crippen molar-refractivity contribution in [2.45, 2.75) is 37.9 Å². The summed E-state index contributed by atoms with van der Waals surface area (Å²) in [6.07, 6.45) is 2.98. The number of hydrogen-bond acceptors (Lipinski definition) is 5. The van der Waals surface area contributed by atoms with E-state index in [4.69, 9.17) is 9.84 Å². The van der Waals surface area contributed by atoms with Gasteiger partial charge >= 0.3 is 5.97 Å². The summed E-state index contributed by atoms with van der Waals surface area (Å²) in [5.74, 6) is -1.06. The van der Waals surface area contributed by atoms with Gasteiger partial charge in [0.2, 0.25) is 0 Å². The van der Waals surface area contributed by atoms with Gasteiger partial charge in [-0.05, 0) is 55.7 Å². The van der Waals surface area contributed by atoms with Gasteiger partial charge in [0.05, 0.1) is 6.10 Å². The van der Waals surface area contributed by atoms with E-state index in [1.165, 1.54) is 18.2 Å². The Kier molecular flexibility index (Phi) is 5.48. The number of aromatic carboxylic acids is 1. The lowest BCUT2D eigenvalue weighted by atomic mass is 9.95. The third-order valence-corrected chi connectivity index (χ3v) is 4.27. The zero-order valence-corrected chi connectivity index (χ0v) is 14.1. The smallest absolute Gasteiger partial charge is 0.354 e. The highest BCUT2D eigenvalue weighted by molar-refractivity contribution is 6.03. The molecule has 0 spiro atoms. The number of carboxylic acid groups (broad SMARTS) is 1. The number of nitrogens with one attached hydrogen (secondary N) is 1. The van der Waals surface area contributed by atoms with Gasteiger partial charge in [-0.3, -0.25) is 4.79 Å². The van der Waals surface area contributed by atoms with Crippen molar-refractivity contribution in [2.24, 2.45) is 0 Å². The molecule has 1 saturated carbocycles. The summed E-state index contributed by atoms with van der Waals surface area (Å²) in [6, 6.07) is 11.1. The second-order valence-electron chi connectivity index (χ2n) is 6.20. The summed E-state index contributed by atoms with van der Waals surface area (Å²) in [4.78, 5) is 26.9. The number of aliphatic hydroxyl groups is 1. The minimum Gasteiger partial charge on any atom is -0.488 e. The lowest BCUT2D eigenvalue weighted by Gasteiger charge is -2.28. The van der Waals surface area contributed by atoms with Crippen molar-refractivity contribution in [3.8, 4) is 5.75 Å². The van der Waals surface area contributed by atoms with Crippen molar-refractivity contribution in [3.05, 3.63) is 53.9 Å². The Morgan fingerprint density at radius 2 is 1.73 bits per heavy atom. The minimum atomic E-state index is -1.19. The van der Waals surface area contributed by atoms with Crippen LogP contribution in [-0.2, 0) is 0 Å². The number of carbonyl (C=O) groups is 2. The average molecular weight is 356 g/mol. The van der Waals surface area contributed by atoms with E-state index in [2.05, 4.69) is 10.3 Å². The number of hydrogen-bond donors (Lipinski definition) is 3. The first-order valence-electron chi connectivity index (χ1n) is 8.49. The molecule has 0 radical (unpaired) electrons. The predicted octanol–water partition coefficient (Wildman–Crippen LogP) is 2.71. The fourth-order valence-corrected chi connectivity index (χ4v) is 2.88. The second-order valence-corrected chi connectivity index (χ2v) is 6.20. The molecule has 26 heavy (non-hydrogen) atoms. The molecule has 1 fully saturated rings. The van der Waals surface area contributed by atoms with Crippen molar-refractivity contribution in [3.63, 3.8) is 0 Å². The standard InChI is InChI=1S/C19H20N2O5/c22-16-6-1-2-7-17(16)26-13-10-8-12(9-11-13)20-18(23)14-4-3-5-15(21-14)19(24)25/h3-5,8-11,16-17,22H,1-2,6-7H2,(H,20,23)(H,24,25). The Labute approximate surface area is 150 Å². The number of carboxylic acids is 1. The fraction of sp³-hybridized carbons (Fsp3) is 0.316. The molecule has 2 atom stereocenters. The molecule has 1 aromatic heterocycles. The molecule has 1 aliphatic carbocycles. The number of nitrogens with zero attached hydrogens (tertiary/aromatic N) is 1. The second kappa shape index (κ2) is 7.97. The summed E-state index contributed by atoms with van der Waals surface area (Å²) >= 11 is 0.